The van der Waals surface area contributed by atoms with E-state index >= 15 is 0 Å². The smallest absolute Gasteiger partial charge is 0.256 e. The highest BCUT2D eigenvalue weighted by Crippen LogP contribution is 2.45. The van der Waals surface area contributed by atoms with E-state index in [1.807, 2.05) is 24.3 Å². The third-order valence-electron chi connectivity index (χ3n) is 3.54. The lowest BCUT2D eigenvalue weighted by atomic mass is 10.0. The third-order valence-corrected chi connectivity index (χ3v) is 3.54. The topological polar surface area (TPSA) is 51.2 Å². The van der Waals surface area contributed by atoms with E-state index in [4.69, 9.17) is 4.74 Å². The number of anilines is 1. The van der Waals surface area contributed by atoms with Crippen molar-refractivity contribution in [3.05, 3.63) is 42.1 Å². The summed E-state index contributed by atoms with van der Waals surface area (Å²) in [6.45, 7) is 0. The van der Waals surface area contributed by atoms with Crippen LogP contribution in [0.3, 0.4) is 0 Å². The molecule has 19 heavy (non-hydrogen) atoms. The van der Waals surface area contributed by atoms with Crippen LogP contribution in [0, 0.1) is 0 Å². The molecule has 2 aromatic carbocycles. The molecule has 1 aliphatic heterocycles. The van der Waals surface area contributed by atoms with Gasteiger partial charge in [0.15, 0.2) is 5.75 Å². The molecule has 0 spiro atoms. The molecule has 4 heteroatoms. The van der Waals surface area contributed by atoms with E-state index in [9.17, 15) is 4.79 Å². The minimum atomic E-state index is -0.101. The fourth-order valence-corrected chi connectivity index (χ4v) is 2.76. The van der Waals surface area contributed by atoms with Gasteiger partial charge in [0.2, 0.25) is 0 Å². The fourth-order valence-electron chi connectivity index (χ4n) is 2.76. The Morgan fingerprint density at radius 1 is 1.16 bits per heavy atom. The van der Waals surface area contributed by atoms with Crippen LogP contribution in [0.1, 0.15) is 10.4 Å². The number of carbonyl (C=O) groups is 1. The summed E-state index contributed by atoms with van der Waals surface area (Å²) >= 11 is 0. The molecule has 1 amide bonds. The van der Waals surface area contributed by atoms with Crippen molar-refractivity contribution in [2.45, 2.75) is 0 Å². The minimum Gasteiger partial charge on any atom is -0.494 e. The molecular weight excluding hydrogens is 240 g/mol. The average molecular weight is 250 g/mol. The summed E-state index contributed by atoms with van der Waals surface area (Å²) in [6, 6.07) is 9.62. The average Bonchev–Trinajstić information content (AvgIpc) is 2.78. The Balaban J connectivity index is 2.35. The van der Waals surface area contributed by atoms with E-state index in [1.165, 1.54) is 0 Å². The highest BCUT2D eigenvalue weighted by molar-refractivity contribution is 6.29. The van der Waals surface area contributed by atoms with Crippen LogP contribution < -0.4 is 10.1 Å². The van der Waals surface area contributed by atoms with Gasteiger partial charge in [-0.25, -0.2) is 0 Å². The van der Waals surface area contributed by atoms with Gasteiger partial charge in [0.25, 0.3) is 5.91 Å². The molecule has 0 fully saturated rings. The predicted molar refractivity (Wildman–Crippen MR) is 73.8 cm³/mol. The van der Waals surface area contributed by atoms with Gasteiger partial charge in [-0.15, -0.1) is 0 Å². The monoisotopic (exact) mass is 250 g/mol. The van der Waals surface area contributed by atoms with E-state index in [1.54, 1.807) is 19.4 Å². The number of amides is 1. The Hall–Kier alpha value is -2.62. The number of carbonyl (C=O) groups excluding carboxylic acids is 1. The van der Waals surface area contributed by atoms with Crippen molar-refractivity contribution in [1.82, 2.24) is 4.98 Å². The lowest BCUT2D eigenvalue weighted by Crippen LogP contribution is -2.04. The maximum absolute atomic E-state index is 12.0. The van der Waals surface area contributed by atoms with E-state index in [2.05, 4.69) is 10.3 Å². The third kappa shape index (κ3) is 1.18. The summed E-state index contributed by atoms with van der Waals surface area (Å²) in [5.74, 6) is 0.596. The molecule has 2 heterocycles. The SMILES string of the molecule is COc1c2c3c(ccnc3c3ccccc13)C(=O)N2. The highest BCUT2D eigenvalue weighted by atomic mass is 16.5. The molecule has 3 aromatic rings. The molecule has 0 bridgehead atoms. The normalized spacial score (nSPS) is 13.0. The van der Waals surface area contributed by atoms with Gasteiger partial charge < -0.3 is 10.1 Å². The zero-order chi connectivity index (χ0) is 13.0. The molecular formula is C15H10N2O2. The van der Waals surface area contributed by atoms with Gasteiger partial charge in [0.1, 0.15) is 0 Å². The van der Waals surface area contributed by atoms with Crippen molar-refractivity contribution in [3.8, 4) is 5.75 Å². The molecule has 0 saturated heterocycles. The van der Waals surface area contributed by atoms with Crippen LogP contribution in [-0.4, -0.2) is 18.0 Å². The van der Waals surface area contributed by atoms with Crippen LogP contribution in [0.15, 0.2) is 36.5 Å². The van der Waals surface area contributed by atoms with Crippen LogP contribution in [0.5, 0.6) is 5.75 Å². The largest absolute Gasteiger partial charge is 0.494 e. The van der Waals surface area contributed by atoms with E-state index < -0.39 is 0 Å². The highest BCUT2D eigenvalue weighted by Gasteiger charge is 2.27. The van der Waals surface area contributed by atoms with Gasteiger partial charge in [-0.2, -0.15) is 0 Å². The standard InChI is InChI=1S/C15H10N2O2/c1-19-14-9-5-3-2-4-8(9)12-11-10(6-7-16-12)15(18)17-13(11)14/h2-7H,1H3,(H,17,18). The van der Waals surface area contributed by atoms with Crippen LogP contribution in [0.4, 0.5) is 5.69 Å². The first kappa shape index (κ1) is 10.3. The quantitative estimate of drug-likeness (QED) is 0.675. The maximum atomic E-state index is 12.0. The van der Waals surface area contributed by atoms with E-state index in [-0.39, 0.29) is 5.91 Å². The number of ether oxygens (including phenoxy) is 1. The lowest BCUT2D eigenvalue weighted by Gasteiger charge is -2.11. The molecule has 1 aromatic heterocycles. The van der Waals surface area contributed by atoms with Crippen molar-refractivity contribution < 1.29 is 9.53 Å². The van der Waals surface area contributed by atoms with Crippen LogP contribution in [-0.2, 0) is 0 Å². The van der Waals surface area contributed by atoms with Gasteiger partial charge in [-0.05, 0) is 6.07 Å². The number of aromatic nitrogens is 1. The van der Waals surface area contributed by atoms with Gasteiger partial charge in [0, 0.05) is 22.4 Å². The summed E-state index contributed by atoms with van der Waals surface area (Å²) in [5.41, 5.74) is 2.22. The van der Waals surface area contributed by atoms with E-state index in [0.717, 1.165) is 27.4 Å². The Labute approximate surface area is 109 Å². The van der Waals surface area contributed by atoms with Crippen molar-refractivity contribution in [3.63, 3.8) is 0 Å². The number of nitrogens with one attached hydrogen (secondary N) is 1. The van der Waals surface area contributed by atoms with Gasteiger partial charge in [0.05, 0.1) is 23.9 Å². The van der Waals surface area contributed by atoms with E-state index in [0.29, 0.717) is 11.3 Å². The molecule has 0 aliphatic carbocycles. The van der Waals surface area contributed by atoms with Crippen LogP contribution >= 0.6 is 0 Å². The summed E-state index contributed by atoms with van der Waals surface area (Å²) < 4.78 is 5.50. The first-order valence-electron chi connectivity index (χ1n) is 6.00. The first-order valence-corrected chi connectivity index (χ1v) is 6.00. The Morgan fingerprint density at radius 3 is 2.74 bits per heavy atom. The molecule has 92 valence electrons. The van der Waals surface area contributed by atoms with Gasteiger partial charge in [-0.3, -0.25) is 9.78 Å². The van der Waals surface area contributed by atoms with Crippen molar-refractivity contribution >= 4 is 33.3 Å². The predicted octanol–water partition coefficient (Wildman–Crippen LogP) is 2.96. The number of pyridine rings is 1. The summed E-state index contributed by atoms with van der Waals surface area (Å²) in [6.07, 6.45) is 1.67. The second-order valence-electron chi connectivity index (χ2n) is 4.49. The zero-order valence-electron chi connectivity index (χ0n) is 10.2. The van der Waals surface area contributed by atoms with Crippen LogP contribution in [0.2, 0.25) is 0 Å². The van der Waals surface area contributed by atoms with Crippen LogP contribution in [0.25, 0.3) is 21.7 Å². The Kier molecular flexibility index (Phi) is 1.87. The molecule has 0 radical (unpaired) electrons. The summed E-state index contributed by atoms with van der Waals surface area (Å²) in [7, 11) is 1.62. The Bertz CT molecular complexity index is 856. The van der Waals surface area contributed by atoms with Crippen molar-refractivity contribution in [2.75, 3.05) is 12.4 Å². The number of benzene rings is 2. The molecule has 0 atom stereocenters. The number of rotatable bonds is 1. The number of hydrogen-bond acceptors (Lipinski definition) is 3. The molecule has 0 unspecified atom stereocenters. The first-order chi connectivity index (χ1) is 9.31. The molecule has 4 nitrogen and oxygen atoms in total. The van der Waals surface area contributed by atoms with Gasteiger partial charge >= 0.3 is 0 Å². The minimum absolute atomic E-state index is 0.101. The number of nitrogens with zero attached hydrogens (tertiary/aromatic N) is 1. The summed E-state index contributed by atoms with van der Waals surface area (Å²) in [4.78, 5) is 16.4. The van der Waals surface area contributed by atoms with Crippen molar-refractivity contribution in [2.24, 2.45) is 0 Å². The Morgan fingerprint density at radius 2 is 1.95 bits per heavy atom. The maximum Gasteiger partial charge on any atom is 0.256 e. The summed E-state index contributed by atoms with van der Waals surface area (Å²) in [5, 5.41) is 5.68. The number of fused-ring (bicyclic) bond motifs is 2. The second kappa shape index (κ2) is 3.45. The van der Waals surface area contributed by atoms with Gasteiger partial charge in [-0.1, -0.05) is 24.3 Å². The van der Waals surface area contributed by atoms with Crippen molar-refractivity contribution in [1.29, 1.82) is 0 Å². The lowest BCUT2D eigenvalue weighted by molar-refractivity contribution is 0.103. The zero-order valence-corrected chi connectivity index (χ0v) is 10.2. The molecule has 1 N–H and O–H groups in total. The fraction of sp³-hybridized carbons (Fsp3) is 0.0667. The molecule has 0 saturated carbocycles. The second-order valence-corrected chi connectivity index (χ2v) is 4.49. The molecule has 1 aliphatic rings. The number of methoxy groups -OCH3 is 1. The molecule has 4 rings (SSSR count). The number of hydrogen-bond donors (Lipinski definition) is 1.